The largest absolute Gasteiger partial charge is 0.497 e. The summed E-state index contributed by atoms with van der Waals surface area (Å²) < 4.78 is 5.09. The lowest BCUT2D eigenvalue weighted by Gasteiger charge is -2.17. The van der Waals surface area contributed by atoms with Crippen LogP contribution in [0.2, 0.25) is 0 Å². The summed E-state index contributed by atoms with van der Waals surface area (Å²) in [6.07, 6.45) is 1.14. The van der Waals surface area contributed by atoms with Crippen LogP contribution < -0.4 is 15.4 Å². The van der Waals surface area contributed by atoms with Crippen molar-refractivity contribution in [1.82, 2.24) is 10.6 Å². The number of carbonyl (C=O) groups is 1. The van der Waals surface area contributed by atoms with Gasteiger partial charge < -0.3 is 20.5 Å². The summed E-state index contributed by atoms with van der Waals surface area (Å²) in [5.41, 5.74) is 3.21. The molecule has 2 atom stereocenters. The summed E-state index contributed by atoms with van der Waals surface area (Å²) in [5.74, 6) is 0.733. The van der Waals surface area contributed by atoms with Crippen molar-refractivity contribution < 1.29 is 14.6 Å². The summed E-state index contributed by atoms with van der Waals surface area (Å²) in [6.45, 7) is 0.159. The van der Waals surface area contributed by atoms with E-state index in [-0.39, 0.29) is 18.6 Å². The summed E-state index contributed by atoms with van der Waals surface area (Å²) in [7, 11) is 1.60. The first-order valence-electron chi connectivity index (χ1n) is 8.11. The molecule has 0 heterocycles. The molecule has 2 aromatic rings. The van der Waals surface area contributed by atoms with Gasteiger partial charge in [-0.15, -0.1) is 0 Å². The second-order valence-electron chi connectivity index (χ2n) is 5.93. The third kappa shape index (κ3) is 3.68. The fourth-order valence-corrected chi connectivity index (χ4v) is 3.05. The smallest absolute Gasteiger partial charge is 0.315 e. The molecule has 5 heteroatoms. The fraction of sp³-hybridized carbons (Fsp3) is 0.316. The van der Waals surface area contributed by atoms with Crippen LogP contribution in [0.3, 0.4) is 0 Å². The minimum atomic E-state index is -0.752. The number of urea groups is 1. The molecule has 1 aliphatic rings. The molecular weight excluding hydrogens is 304 g/mol. The number of aliphatic hydroxyl groups is 1. The lowest BCUT2D eigenvalue weighted by atomic mass is 10.1. The molecule has 0 aromatic heterocycles. The van der Waals surface area contributed by atoms with Gasteiger partial charge in [0.25, 0.3) is 0 Å². The average Bonchev–Trinajstić information content (AvgIpc) is 3.03. The summed E-state index contributed by atoms with van der Waals surface area (Å²) >= 11 is 0. The third-order valence-electron chi connectivity index (χ3n) is 4.39. The lowest BCUT2D eigenvalue weighted by molar-refractivity contribution is 0.172. The molecule has 0 saturated heterocycles. The van der Waals surface area contributed by atoms with E-state index in [1.807, 2.05) is 12.1 Å². The van der Waals surface area contributed by atoms with E-state index >= 15 is 0 Å². The van der Waals surface area contributed by atoms with Crippen LogP contribution in [-0.4, -0.2) is 24.8 Å². The van der Waals surface area contributed by atoms with Gasteiger partial charge in [0.05, 0.1) is 19.3 Å². The van der Waals surface area contributed by atoms with Gasteiger partial charge in [0.15, 0.2) is 0 Å². The van der Waals surface area contributed by atoms with Crippen molar-refractivity contribution in [2.24, 2.45) is 0 Å². The molecule has 126 valence electrons. The number of amides is 2. The molecule has 24 heavy (non-hydrogen) atoms. The van der Waals surface area contributed by atoms with Crippen LogP contribution in [0.5, 0.6) is 5.75 Å². The fourth-order valence-electron chi connectivity index (χ4n) is 3.05. The Kier molecular flexibility index (Phi) is 5.01. The normalized spacial score (nSPS) is 17.0. The van der Waals surface area contributed by atoms with Gasteiger partial charge in [-0.1, -0.05) is 36.4 Å². The maximum atomic E-state index is 12.1. The zero-order chi connectivity index (χ0) is 16.9. The molecule has 2 aromatic carbocycles. The molecule has 2 unspecified atom stereocenters. The van der Waals surface area contributed by atoms with Crippen molar-refractivity contribution in [2.75, 3.05) is 13.7 Å². The Morgan fingerprint density at radius 2 is 2.00 bits per heavy atom. The van der Waals surface area contributed by atoms with Crippen LogP contribution in [0.1, 0.15) is 35.3 Å². The SMILES string of the molecule is COc1ccc(C(O)CNC(=O)NC2CCc3ccccc32)cc1. The number of carbonyl (C=O) groups excluding carboxylic acids is 1. The van der Waals surface area contributed by atoms with Gasteiger partial charge in [-0.25, -0.2) is 4.79 Å². The number of benzene rings is 2. The van der Waals surface area contributed by atoms with E-state index in [9.17, 15) is 9.90 Å². The van der Waals surface area contributed by atoms with Crippen molar-refractivity contribution in [3.05, 3.63) is 65.2 Å². The monoisotopic (exact) mass is 326 g/mol. The minimum Gasteiger partial charge on any atom is -0.497 e. The molecule has 0 radical (unpaired) electrons. The third-order valence-corrected chi connectivity index (χ3v) is 4.39. The molecule has 0 aliphatic heterocycles. The van der Waals surface area contributed by atoms with Crippen molar-refractivity contribution in [3.63, 3.8) is 0 Å². The molecule has 0 bridgehead atoms. The Hall–Kier alpha value is -2.53. The second-order valence-corrected chi connectivity index (χ2v) is 5.93. The maximum Gasteiger partial charge on any atom is 0.315 e. The standard InChI is InChI=1S/C19H22N2O3/c1-24-15-9-6-14(7-10-15)18(22)12-20-19(23)21-17-11-8-13-4-2-3-5-16(13)17/h2-7,9-10,17-18,22H,8,11-12H2,1H3,(H2,20,21,23). The van der Waals surface area contributed by atoms with Gasteiger partial charge in [-0.05, 0) is 41.7 Å². The Balaban J connectivity index is 1.50. The number of fused-ring (bicyclic) bond motifs is 1. The first-order valence-corrected chi connectivity index (χ1v) is 8.11. The van der Waals surface area contributed by atoms with Crippen molar-refractivity contribution in [1.29, 1.82) is 0 Å². The van der Waals surface area contributed by atoms with Crippen LogP contribution in [0.15, 0.2) is 48.5 Å². The zero-order valence-corrected chi connectivity index (χ0v) is 13.7. The van der Waals surface area contributed by atoms with Gasteiger partial charge in [0, 0.05) is 6.54 Å². The molecule has 3 N–H and O–H groups in total. The van der Waals surface area contributed by atoms with Crippen LogP contribution in [-0.2, 0) is 6.42 Å². The highest BCUT2D eigenvalue weighted by molar-refractivity contribution is 5.74. The summed E-state index contributed by atoms with van der Waals surface area (Å²) in [5, 5.41) is 15.9. The first kappa shape index (κ1) is 16.3. The highest BCUT2D eigenvalue weighted by Crippen LogP contribution is 2.30. The Bertz CT molecular complexity index is 700. The van der Waals surface area contributed by atoms with E-state index in [1.54, 1.807) is 31.4 Å². The van der Waals surface area contributed by atoms with Gasteiger partial charge in [-0.2, -0.15) is 0 Å². The van der Waals surface area contributed by atoms with E-state index in [0.29, 0.717) is 0 Å². The number of hydrogen-bond acceptors (Lipinski definition) is 3. The zero-order valence-electron chi connectivity index (χ0n) is 13.7. The molecule has 2 amide bonds. The highest BCUT2D eigenvalue weighted by atomic mass is 16.5. The van der Waals surface area contributed by atoms with Crippen LogP contribution in [0, 0.1) is 0 Å². The number of ether oxygens (including phenoxy) is 1. The molecule has 0 fully saturated rings. The predicted octanol–water partition coefficient (Wildman–Crippen LogP) is 2.72. The van der Waals surface area contributed by atoms with Gasteiger partial charge in [0.1, 0.15) is 5.75 Å². The Morgan fingerprint density at radius 3 is 2.75 bits per heavy atom. The van der Waals surface area contributed by atoms with Crippen LogP contribution >= 0.6 is 0 Å². The summed E-state index contributed by atoms with van der Waals surface area (Å²) in [6, 6.07) is 15.1. The topological polar surface area (TPSA) is 70.6 Å². The lowest BCUT2D eigenvalue weighted by Crippen LogP contribution is -2.39. The van der Waals surface area contributed by atoms with Crippen molar-refractivity contribution in [2.45, 2.75) is 25.0 Å². The number of rotatable bonds is 5. The number of nitrogens with one attached hydrogen (secondary N) is 2. The number of hydrogen-bond donors (Lipinski definition) is 3. The van der Waals surface area contributed by atoms with Crippen LogP contribution in [0.4, 0.5) is 4.79 Å². The molecule has 5 nitrogen and oxygen atoms in total. The Morgan fingerprint density at radius 1 is 1.25 bits per heavy atom. The van der Waals surface area contributed by atoms with E-state index in [2.05, 4.69) is 22.8 Å². The quantitative estimate of drug-likeness (QED) is 0.791. The predicted molar refractivity (Wildman–Crippen MR) is 92.0 cm³/mol. The first-order chi connectivity index (χ1) is 11.7. The molecule has 1 aliphatic carbocycles. The molecule has 0 saturated carbocycles. The Labute approximate surface area is 141 Å². The highest BCUT2D eigenvalue weighted by Gasteiger charge is 2.23. The van der Waals surface area contributed by atoms with E-state index in [1.165, 1.54) is 11.1 Å². The van der Waals surface area contributed by atoms with Gasteiger partial charge in [-0.3, -0.25) is 0 Å². The molecular formula is C19H22N2O3. The second kappa shape index (κ2) is 7.36. The van der Waals surface area contributed by atoms with Crippen molar-refractivity contribution in [3.8, 4) is 5.75 Å². The average molecular weight is 326 g/mol. The molecule has 3 rings (SSSR count). The van der Waals surface area contributed by atoms with E-state index in [4.69, 9.17) is 4.74 Å². The van der Waals surface area contributed by atoms with E-state index in [0.717, 1.165) is 24.2 Å². The van der Waals surface area contributed by atoms with Gasteiger partial charge in [0.2, 0.25) is 0 Å². The molecule has 0 spiro atoms. The van der Waals surface area contributed by atoms with E-state index < -0.39 is 6.10 Å². The number of aryl methyl sites for hydroxylation is 1. The summed E-state index contributed by atoms with van der Waals surface area (Å²) in [4.78, 5) is 12.1. The maximum absolute atomic E-state index is 12.1. The number of methoxy groups -OCH3 is 1. The van der Waals surface area contributed by atoms with Gasteiger partial charge >= 0.3 is 6.03 Å². The minimum absolute atomic E-state index is 0.0410. The number of aliphatic hydroxyl groups excluding tert-OH is 1. The van der Waals surface area contributed by atoms with Crippen molar-refractivity contribution >= 4 is 6.03 Å². The van der Waals surface area contributed by atoms with Crippen LogP contribution in [0.25, 0.3) is 0 Å².